The maximum absolute atomic E-state index is 12.6. The van der Waals surface area contributed by atoms with Gasteiger partial charge in [0.15, 0.2) is 0 Å². The number of allylic oxidation sites excluding steroid dienone is 2. The molecule has 1 heterocycles. The molecule has 22 heavy (non-hydrogen) atoms. The van der Waals surface area contributed by atoms with Crippen molar-refractivity contribution in [2.75, 3.05) is 0 Å². The first-order valence-corrected chi connectivity index (χ1v) is 7.38. The molecule has 0 N–H and O–H groups in total. The molecule has 1 aliphatic carbocycles. The fraction of sp³-hybridized carbons (Fsp3) is 0.333. The van der Waals surface area contributed by atoms with Crippen molar-refractivity contribution in [3.8, 4) is 0 Å². The molecule has 116 valence electrons. The second-order valence-corrected chi connectivity index (χ2v) is 5.71. The van der Waals surface area contributed by atoms with Gasteiger partial charge in [-0.15, -0.1) is 0 Å². The lowest BCUT2D eigenvalue weighted by Crippen LogP contribution is -2.05. The van der Waals surface area contributed by atoms with Crippen LogP contribution in [0.4, 0.5) is 13.2 Å². The van der Waals surface area contributed by atoms with Crippen molar-refractivity contribution in [3.05, 3.63) is 65.1 Å². The molecule has 1 atom stereocenters. The van der Waals surface area contributed by atoms with Crippen molar-refractivity contribution >= 4 is 5.57 Å². The first-order valence-electron chi connectivity index (χ1n) is 7.38. The van der Waals surface area contributed by atoms with E-state index in [0.717, 1.165) is 54.1 Å². The van der Waals surface area contributed by atoms with Gasteiger partial charge in [-0.25, -0.2) is 0 Å². The van der Waals surface area contributed by atoms with Gasteiger partial charge in [-0.1, -0.05) is 18.2 Å². The molecule has 0 fully saturated rings. The molecule has 0 radical (unpaired) electrons. The van der Waals surface area contributed by atoms with Crippen LogP contribution in [0.1, 0.15) is 47.8 Å². The van der Waals surface area contributed by atoms with Crippen LogP contribution in [0.15, 0.2) is 46.9 Å². The number of hydrogen-bond donors (Lipinski definition) is 0. The number of halogens is 3. The first kappa shape index (κ1) is 14.9. The number of rotatable bonds is 2. The minimum absolute atomic E-state index is 0.208. The van der Waals surface area contributed by atoms with Crippen molar-refractivity contribution in [3.63, 3.8) is 0 Å². The molecule has 1 aromatic heterocycles. The van der Waals surface area contributed by atoms with Gasteiger partial charge in [0, 0.05) is 5.92 Å². The molecule has 0 spiro atoms. The molecule has 1 aliphatic rings. The molecule has 0 aliphatic heterocycles. The molecule has 0 amide bonds. The van der Waals surface area contributed by atoms with E-state index in [-0.39, 0.29) is 5.92 Å². The Morgan fingerprint density at radius 3 is 2.36 bits per heavy atom. The van der Waals surface area contributed by atoms with Crippen molar-refractivity contribution in [2.45, 2.75) is 38.3 Å². The molecule has 2 aromatic rings. The molecule has 4 heteroatoms. The number of alkyl halides is 3. The summed E-state index contributed by atoms with van der Waals surface area (Å²) in [5, 5.41) is 0. The van der Waals surface area contributed by atoms with Crippen LogP contribution in [-0.2, 0) is 6.18 Å². The van der Waals surface area contributed by atoms with Crippen LogP contribution in [0, 0.1) is 6.92 Å². The van der Waals surface area contributed by atoms with Crippen LogP contribution in [0.25, 0.3) is 5.57 Å². The van der Waals surface area contributed by atoms with Crippen LogP contribution in [0.3, 0.4) is 0 Å². The summed E-state index contributed by atoms with van der Waals surface area (Å²) in [6.07, 6.45) is 0.758. The van der Waals surface area contributed by atoms with Crippen molar-refractivity contribution in [1.82, 2.24) is 0 Å². The van der Waals surface area contributed by atoms with E-state index in [1.807, 2.05) is 19.1 Å². The summed E-state index contributed by atoms with van der Waals surface area (Å²) in [7, 11) is 0. The lowest BCUT2D eigenvalue weighted by atomic mass is 9.86. The van der Waals surface area contributed by atoms with Crippen LogP contribution < -0.4 is 0 Å². The third-order valence-electron chi connectivity index (χ3n) is 4.07. The van der Waals surface area contributed by atoms with Gasteiger partial charge in [-0.2, -0.15) is 13.2 Å². The average Bonchev–Trinajstić information content (AvgIpc) is 2.93. The quantitative estimate of drug-likeness (QED) is 0.667. The molecule has 1 unspecified atom stereocenters. The first-order chi connectivity index (χ1) is 10.4. The molecule has 0 saturated heterocycles. The molecule has 1 nitrogen and oxygen atoms in total. The zero-order chi connectivity index (χ0) is 15.7. The van der Waals surface area contributed by atoms with Crippen molar-refractivity contribution in [1.29, 1.82) is 0 Å². The monoisotopic (exact) mass is 306 g/mol. The van der Waals surface area contributed by atoms with E-state index < -0.39 is 11.7 Å². The Morgan fingerprint density at radius 2 is 1.77 bits per heavy atom. The summed E-state index contributed by atoms with van der Waals surface area (Å²) < 4.78 is 43.5. The zero-order valence-corrected chi connectivity index (χ0v) is 12.3. The Kier molecular flexibility index (Phi) is 3.85. The summed E-state index contributed by atoms with van der Waals surface area (Å²) in [6, 6.07) is 9.34. The minimum atomic E-state index is -4.28. The Hall–Kier alpha value is -1.97. The Labute approximate surface area is 127 Å². The van der Waals surface area contributed by atoms with Crippen molar-refractivity contribution < 1.29 is 17.6 Å². The second kappa shape index (κ2) is 5.67. The van der Waals surface area contributed by atoms with Gasteiger partial charge < -0.3 is 4.42 Å². The van der Waals surface area contributed by atoms with Crippen LogP contribution in [0.2, 0.25) is 0 Å². The average molecular weight is 306 g/mol. The normalized spacial score (nSPS) is 19.1. The number of furan rings is 1. The fourth-order valence-electron chi connectivity index (χ4n) is 2.91. The van der Waals surface area contributed by atoms with E-state index in [0.29, 0.717) is 0 Å². The summed E-state index contributed by atoms with van der Waals surface area (Å²) in [4.78, 5) is 0. The highest BCUT2D eigenvalue weighted by atomic mass is 19.4. The van der Waals surface area contributed by atoms with Gasteiger partial charge in [0.25, 0.3) is 0 Å². The van der Waals surface area contributed by atoms with E-state index in [1.165, 1.54) is 0 Å². The Bertz CT molecular complexity index is 677. The standard InChI is InChI=1S/C18H17F3O/c1-12-5-10-17(22-12)15-4-2-3-14(11-15)13-6-8-16(9-7-13)18(19,20)21/h5-11,15H,2-4H2,1H3. The third-order valence-corrected chi connectivity index (χ3v) is 4.07. The number of hydrogen-bond acceptors (Lipinski definition) is 1. The van der Waals surface area contributed by atoms with Gasteiger partial charge in [-0.05, 0) is 61.6 Å². The van der Waals surface area contributed by atoms with Gasteiger partial charge in [0.05, 0.1) is 5.56 Å². The van der Waals surface area contributed by atoms with E-state index >= 15 is 0 Å². The molecule has 1 aromatic carbocycles. The smallest absolute Gasteiger partial charge is 0.416 e. The van der Waals surface area contributed by atoms with Crippen molar-refractivity contribution in [2.24, 2.45) is 0 Å². The number of aryl methyl sites for hydroxylation is 1. The highest BCUT2D eigenvalue weighted by molar-refractivity contribution is 5.67. The van der Waals surface area contributed by atoms with E-state index in [1.54, 1.807) is 12.1 Å². The van der Waals surface area contributed by atoms with Crippen LogP contribution >= 0.6 is 0 Å². The SMILES string of the molecule is Cc1ccc(C2C=C(c3ccc(C(F)(F)F)cc3)CCC2)o1. The lowest BCUT2D eigenvalue weighted by Gasteiger charge is -2.20. The predicted molar refractivity (Wildman–Crippen MR) is 79.5 cm³/mol. The zero-order valence-electron chi connectivity index (χ0n) is 12.3. The summed E-state index contributed by atoms with van der Waals surface area (Å²) >= 11 is 0. The maximum Gasteiger partial charge on any atom is 0.416 e. The third kappa shape index (κ3) is 3.11. The summed E-state index contributed by atoms with van der Waals surface area (Å²) in [6.45, 7) is 1.91. The molecule has 0 bridgehead atoms. The molecule has 0 saturated carbocycles. The van der Waals surface area contributed by atoms with E-state index in [9.17, 15) is 13.2 Å². The van der Waals surface area contributed by atoms with E-state index in [4.69, 9.17) is 4.42 Å². The largest absolute Gasteiger partial charge is 0.466 e. The highest BCUT2D eigenvalue weighted by Crippen LogP contribution is 2.37. The highest BCUT2D eigenvalue weighted by Gasteiger charge is 2.30. The van der Waals surface area contributed by atoms with Crippen LogP contribution in [-0.4, -0.2) is 0 Å². The minimum Gasteiger partial charge on any atom is -0.466 e. The lowest BCUT2D eigenvalue weighted by molar-refractivity contribution is -0.137. The van der Waals surface area contributed by atoms with Gasteiger partial charge >= 0.3 is 6.18 Å². The summed E-state index contributed by atoms with van der Waals surface area (Å²) in [5.74, 6) is 2.02. The van der Waals surface area contributed by atoms with Gasteiger partial charge in [-0.3, -0.25) is 0 Å². The Balaban J connectivity index is 1.86. The van der Waals surface area contributed by atoms with Crippen LogP contribution in [0.5, 0.6) is 0 Å². The Morgan fingerprint density at radius 1 is 1.05 bits per heavy atom. The maximum atomic E-state index is 12.6. The van der Waals surface area contributed by atoms with E-state index in [2.05, 4.69) is 6.08 Å². The molecular weight excluding hydrogens is 289 g/mol. The topological polar surface area (TPSA) is 13.1 Å². The van der Waals surface area contributed by atoms with Gasteiger partial charge in [0.2, 0.25) is 0 Å². The molecular formula is C18H17F3O. The molecule has 3 rings (SSSR count). The predicted octanol–water partition coefficient (Wildman–Crippen LogP) is 5.96. The fourth-order valence-corrected chi connectivity index (χ4v) is 2.91. The second-order valence-electron chi connectivity index (χ2n) is 5.71. The number of benzene rings is 1. The summed E-state index contributed by atoms with van der Waals surface area (Å²) in [5.41, 5.74) is 1.35. The van der Waals surface area contributed by atoms with Gasteiger partial charge in [0.1, 0.15) is 11.5 Å².